The molecular weight excluding hydrogens is 180 g/mol. The van der Waals surface area contributed by atoms with E-state index in [0.717, 1.165) is 6.54 Å². The van der Waals surface area contributed by atoms with Crippen molar-refractivity contribution in [2.24, 2.45) is 5.92 Å². The maximum absolute atomic E-state index is 11.4. The summed E-state index contributed by atoms with van der Waals surface area (Å²) in [5, 5.41) is 11.9. The molecule has 0 saturated heterocycles. The Morgan fingerprint density at radius 2 is 2.29 bits per heavy atom. The highest BCUT2D eigenvalue weighted by molar-refractivity contribution is 5.73. The van der Waals surface area contributed by atoms with Crippen molar-refractivity contribution in [3.05, 3.63) is 0 Å². The second kappa shape index (κ2) is 5.20. The van der Waals surface area contributed by atoms with Gasteiger partial charge in [0, 0.05) is 20.1 Å². The maximum Gasteiger partial charge on any atom is 0.317 e. The summed E-state index contributed by atoms with van der Waals surface area (Å²) in [4.78, 5) is 13.0. The number of aliphatic hydroxyl groups excluding tert-OH is 1. The highest BCUT2D eigenvalue weighted by Crippen LogP contribution is 2.27. The van der Waals surface area contributed by atoms with Crippen LogP contribution in [-0.4, -0.2) is 42.3 Å². The first-order valence-corrected chi connectivity index (χ1v) is 5.26. The molecule has 82 valence electrons. The summed E-state index contributed by atoms with van der Waals surface area (Å²) in [7, 11) is 1.75. The van der Waals surface area contributed by atoms with E-state index >= 15 is 0 Å². The molecule has 0 aromatic rings. The molecule has 0 aromatic carbocycles. The Morgan fingerprint density at radius 3 is 2.79 bits per heavy atom. The number of nitrogens with one attached hydrogen (secondary N) is 1. The van der Waals surface area contributed by atoms with Gasteiger partial charge in [0.25, 0.3) is 0 Å². The molecule has 1 saturated carbocycles. The van der Waals surface area contributed by atoms with Crippen LogP contribution in [-0.2, 0) is 0 Å². The Labute approximate surface area is 85.3 Å². The number of hydrogen-bond acceptors (Lipinski definition) is 2. The summed E-state index contributed by atoms with van der Waals surface area (Å²) < 4.78 is 0. The zero-order valence-electron chi connectivity index (χ0n) is 8.99. The highest BCUT2D eigenvalue weighted by atomic mass is 16.3. The Hall–Kier alpha value is -0.770. The second-order valence-corrected chi connectivity index (χ2v) is 4.19. The fourth-order valence-corrected chi connectivity index (χ4v) is 1.17. The van der Waals surface area contributed by atoms with Crippen molar-refractivity contribution in [1.29, 1.82) is 0 Å². The highest BCUT2D eigenvalue weighted by Gasteiger charge is 2.22. The van der Waals surface area contributed by atoms with Crippen LogP contribution in [0.15, 0.2) is 0 Å². The molecule has 2 N–H and O–H groups in total. The van der Waals surface area contributed by atoms with Crippen LogP contribution >= 0.6 is 0 Å². The van der Waals surface area contributed by atoms with Gasteiger partial charge in [-0.1, -0.05) is 0 Å². The van der Waals surface area contributed by atoms with Gasteiger partial charge in [-0.2, -0.15) is 0 Å². The normalized spacial score (nSPS) is 17.6. The Balaban J connectivity index is 2.07. The number of carbonyl (C=O) groups excluding carboxylic acids is 1. The average Bonchev–Trinajstić information content (AvgIpc) is 2.93. The Morgan fingerprint density at radius 1 is 1.64 bits per heavy atom. The summed E-state index contributed by atoms with van der Waals surface area (Å²) >= 11 is 0. The summed E-state index contributed by atoms with van der Waals surface area (Å²) in [5.74, 6) is 0.712. The number of urea groups is 1. The van der Waals surface area contributed by atoms with E-state index in [1.807, 2.05) is 0 Å². The average molecular weight is 200 g/mol. The molecule has 1 unspecified atom stereocenters. The molecule has 0 aromatic heterocycles. The molecule has 1 fully saturated rings. The molecule has 4 nitrogen and oxygen atoms in total. The molecule has 1 atom stereocenters. The fourth-order valence-electron chi connectivity index (χ4n) is 1.17. The lowest BCUT2D eigenvalue weighted by Crippen LogP contribution is -2.39. The lowest BCUT2D eigenvalue weighted by Gasteiger charge is -2.18. The maximum atomic E-state index is 11.4. The Bertz CT molecular complexity index is 191. The van der Waals surface area contributed by atoms with Gasteiger partial charge in [-0.05, 0) is 32.1 Å². The van der Waals surface area contributed by atoms with Crippen molar-refractivity contribution >= 4 is 6.03 Å². The first-order chi connectivity index (χ1) is 6.59. The van der Waals surface area contributed by atoms with Gasteiger partial charge in [0.2, 0.25) is 0 Å². The topological polar surface area (TPSA) is 52.6 Å². The first kappa shape index (κ1) is 11.3. The number of amides is 2. The number of rotatable bonds is 5. The van der Waals surface area contributed by atoms with Crippen molar-refractivity contribution in [2.45, 2.75) is 32.3 Å². The first-order valence-electron chi connectivity index (χ1n) is 5.26. The summed E-state index contributed by atoms with van der Waals surface area (Å²) in [5.41, 5.74) is 0. The monoisotopic (exact) mass is 200 g/mol. The minimum absolute atomic E-state index is 0.0300. The van der Waals surface area contributed by atoms with Gasteiger partial charge in [0.1, 0.15) is 0 Å². The molecule has 0 spiro atoms. The van der Waals surface area contributed by atoms with E-state index in [0.29, 0.717) is 18.9 Å². The van der Waals surface area contributed by atoms with E-state index in [4.69, 9.17) is 5.11 Å². The minimum atomic E-state index is -0.339. The van der Waals surface area contributed by atoms with Gasteiger partial charge in [-0.3, -0.25) is 0 Å². The third-order valence-corrected chi connectivity index (χ3v) is 2.47. The molecule has 4 heteroatoms. The standard InChI is InChI=1S/C10H20N2O2/c1-8(13)5-6-12(2)10(14)11-7-9-3-4-9/h8-9,13H,3-7H2,1-2H3,(H,11,14). The third-order valence-electron chi connectivity index (χ3n) is 2.47. The molecule has 1 rings (SSSR count). The van der Waals surface area contributed by atoms with Crippen molar-refractivity contribution in [1.82, 2.24) is 10.2 Å². The second-order valence-electron chi connectivity index (χ2n) is 4.19. The van der Waals surface area contributed by atoms with E-state index in [-0.39, 0.29) is 12.1 Å². The lowest BCUT2D eigenvalue weighted by atomic mass is 10.3. The largest absolute Gasteiger partial charge is 0.393 e. The Kier molecular flexibility index (Phi) is 4.20. The predicted molar refractivity (Wildman–Crippen MR) is 55.1 cm³/mol. The van der Waals surface area contributed by atoms with Gasteiger partial charge in [-0.15, -0.1) is 0 Å². The van der Waals surface area contributed by atoms with Gasteiger partial charge in [0.05, 0.1) is 6.10 Å². The van der Waals surface area contributed by atoms with E-state index in [9.17, 15) is 4.79 Å². The van der Waals surface area contributed by atoms with Gasteiger partial charge in [0.15, 0.2) is 0 Å². The van der Waals surface area contributed by atoms with E-state index in [1.165, 1.54) is 12.8 Å². The third kappa shape index (κ3) is 4.46. The number of aliphatic hydroxyl groups is 1. The molecule has 1 aliphatic rings. The zero-order valence-corrected chi connectivity index (χ0v) is 8.99. The number of nitrogens with zero attached hydrogens (tertiary/aromatic N) is 1. The molecular formula is C10H20N2O2. The summed E-state index contributed by atoms with van der Waals surface area (Å²) in [6.45, 7) is 3.14. The van der Waals surface area contributed by atoms with Gasteiger partial charge < -0.3 is 15.3 Å². The van der Waals surface area contributed by atoms with Crippen molar-refractivity contribution < 1.29 is 9.90 Å². The number of carbonyl (C=O) groups is 1. The fraction of sp³-hybridized carbons (Fsp3) is 0.900. The van der Waals surface area contributed by atoms with Crippen LogP contribution in [0.4, 0.5) is 4.79 Å². The minimum Gasteiger partial charge on any atom is -0.393 e. The molecule has 0 heterocycles. The van der Waals surface area contributed by atoms with Crippen molar-refractivity contribution in [2.75, 3.05) is 20.1 Å². The summed E-state index contributed by atoms with van der Waals surface area (Å²) in [6.07, 6.45) is 2.79. The molecule has 2 amide bonds. The molecule has 14 heavy (non-hydrogen) atoms. The van der Waals surface area contributed by atoms with Crippen molar-refractivity contribution in [3.63, 3.8) is 0 Å². The van der Waals surface area contributed by atoms with Crippen molar-refractivity contribution in [3.8, 4) is 0 Å². The number of hydrogen-bond donors (Lipinski definition) is 2. The lowest BCUT2D eigenvalue weighted by molar-refractivity contribution is 0.163. The van der Waals surface area contributed by atoms with Crippen LogP contribution in [0.3, 0.4) is 0 Å². The smallest absolute Gasteiger partial charge is 0.317 e. The van der Waals surface area contributed by atoms with Crippen LogP contribution in [0.25, 0.3) is 0 Å². The van der Waals surface area contributed by atoms with Gasteiger partial charge in [-0.25, -0.2) is 4.79 Å². The molecule has 0 radical (unpaired) electrons. The van der Waals surface area contributed by atoms with Crippen LogP contribution < -0.4 is 5.32 Å². The predicted octanol–water partition coefficient (Wildman–Crippen LogP) is 0.809. The molecule has 0 bridgehead atoms. The molecule has 0 aliphatic heterocycles. The van der Waals surface area contributed by atoms with E-state index in [1.54, 1.807) is 18.9 Å². The SMILES string of the molecule is CC(O)CCN(C)C(=O)NCC1CC1. The van der Waals surface area contributed by atoms with Gasteiger partial charge >= 0.3 is 6.03 Å². The van der Waals surface area contributed by atoms with Crippen LogP contribution in [0.5, 0.6) is 0 Å². The van der Waals surface area contributed by atoms with E-state index < -0.39 is 0 Å². The van der Waals surface area contributed by atoms with Crippen LogP contribution in [0, 0.1) is 5.92 Å². The van der Waals surface area contributed by atoms with Crippen LogP contribution in [0.1, 0.15) is 26.2 Å². The zero-order chi connectivity index (χ0) is 10.6. The van der Waals surface area contributed by atoms with Crippen LogP contribution in [0.2, 0.25) is 0 Å². The quantitative estimate of drug-likeness (QED) is 0.690. The van der Waals surface area contributed by atoms with E-state index in [2.05, 4.69) is 5.32 Å². The summed E-state index contributed by atoms with van der Waals surface area (Å²) in [6, 6.07) is -0.0300. The molecule has 1 aliphatic carbocycles.